The Kier molecular flexibility index (Phi) is 3.43. The summed E-state index contributed by atoms with van der Waals surface area (Å²) < 4.78 is 1.54. The fourth-order valence-electron chi connectivity index (χ4n) is 2.26. The Morgan fingerprint density at radius 1 is 1.28 bits per heavy atom. The molecule has 98 valence electrons. The topological polar surface area (TPSA) is 45.4 Å². The largest absolute Gasteiger partial charge is 0.494 e. The number of hydrogen-bond donors (Lipinski definition) is 2. The molecule has 0 spiro atoms. The van der Waals surface area contributed by atoms with Gasteiger partial charge < -0.3 is 10.2 Å². The van der Waals surface area contributed by atoms with Crippen LogP contribution in [0.25, 0.3) is 10.8 Å². The van der Waals surface area contributed by atoms with Gasteiger partial charge in [-0.05, 0) is 32.2 Å². The second kappa shape index (κ2) is 4.59. The zero-order valence-corrected chi connectivity index (χ0v) is 12.1. The molecule has 2 N–H and O–H groups in total. The van der Waals surface area contributed by atoms with Gasteiger partial charge >= 0.3 is 0 Å². The van der Waals surface area contributed by atoms with E-state index in [1.807, 2.05) is 20.1 Å². The van der Waals surface area contributed by atoms with Crippen LogP contribution >= 0.6 is 23.4 Å². The van der Waals surface area contributed by atoms with Gasteiger partial charge in [0.15, 0.2) is 0 Å². The number of halogens is 1. The molecule has 3 nitrogen and oxygen atoms in total. The Morgan fingerprint density at radius 3 is 2.50 bits per heavy atom. The van der Waals surface area contributed by atoms with Crippen molar-refractivity contribution in [3.05, 3.63) is 23.2 Å². The van der Waals surface area contributed by atoms with Crippen LogP contribution in [-0.4, -0.2) is 26.8 Å². The fraction of sp³-hybridized carbons (Fsp3) is 0.385. The van der Waals surface area contributed by atoms with E-state index < -0.39 is 5.54 Å². The Balaban J connectivity index is 2.77. The van der Waals surface area contributed by atoms with Crippen LogP contribution in [0, 0.1) is 0 Å². The van der Waals surface area contributed by atoms with E-state index >= 15 is 0 Å². The van der Waals surface area contributed by atoms with E-state index in [0.717, 1.165) is 5.75 Å². The summed E-state index contributed by atoms with van der Waals surface area (Å²) in [5, 5.41) is 22.1. The second-order valence-corrected chi connectivity index (χ2v) is 6.16. The van der Waals surface area contributed by atoms with Crippen molar-refractivity contribution in [3.63, 3.8) is 0 Å². The summed E-state index contributed by atoms with van der Waals surface area (Å²) in [6.07, 6.45) is 1.99. The van der Waals surface area contributed by atoms with Crippen molar-refractivity contribution in [2.24, 2.45) is 0 Å². The molecule has 0 saturated heterocycles. The molecule has 0 atom stereocenters. The summed E-state index contributed by atoms with van der Waals surface area (Å²) >= 11 is 7.74. The molecule has 0 saturated carbocycles. The van der Waals surface area contributed by atoms with Crippen LogP contribution in [-0.2, 0) is 5.54 Å². The molecule has 0 radical (unpaired) electrons. The SMILES string of the molecule is CSCC(C)(C)n1c(O)c2cccc(Cl)c2c1O. The smallest absolute Gasteiger partial charge is 0.204 e. The molecule has 0 unspecified atom stereocenters. The van der Waals surface area contributed by atoms with E-state index in [0.29, 0.717) is 15.8 Å². The molecule has 0 bridgehead atoms. The summed E-state index contributed by atoms with van der Waals surface area (Å²) in [5.41, 5.74) is -0.393. The molecule has 0 aliphatic rings. The quantitative estimate of drug-likeness (QED) is 0.901. The van der Waals surface area contributed by atoms with E-state index in [-0.39, 0.29) is 11.8 Å². The molecule has 2 rings (SSSR count). The zero-order chi connectivity index (χ0) is 13.5. The first-order chi connectivity index (χ1) is 8.40. The standard InChI is InChI=1S/C13H16ClNO2S/c1-13(2,7-18-3)15-11(16)8-5-4-6-9(14)10(8)12(15)17/h4-6,16-17H,7H2,1-3H3. The molecule has 0 amide bonds. The lowest BCUT2D eigenvalue weighted by Crippen LogP contribution is -2.28. The third-order valence-corrected chi connectivity index (χ3v) is 4.31. The highest BCUT2D eigenvalue weighted by Gasteiger charge is 2.29. The molecule has 1 aromatic carbocycles. The Bertz CT molecular complexity index is 592. The molecular formula is C13H16ClNO2S. The zero-order valence-electron chi connectivity index (χ0n) is 10.6. The van der Waals surface area contributed by atoms with Gasteiger partial charge in [-0.3, -0.25) is 4.57 Å². The van der Waals surface area contributed by atoms with Gasteiger partial charge in [0.05, 0.1) is 15.9 Å². The summed E-state index contributed by atoms with van der Waals surface area (Å²) in [4.78, 5) is 0. The summed E-state index contributed by atoms with van der Waals surface area (Å²) in [6.45, 7) is 3.94. The maximum atomic E-state index is 10.3. The molecular weight excluding hydrogens is 270 g/mol. The van der Waals surface area contributed by atoms with E-state index in [4.69, 9.17) is 11.6 Å². The molecule has 5 heteroatoms. The van der Waals surface area contributed by atoms with Gasteiger partial charge in [-0.2, -0.15) is 11.8 Å². The van der Waals surface area contributed by atoms with Crippen LogP contribution in [0.5, 0.6) is 11.8 Å². The van der Waals surface area contributed by atoms with E-state index in [2.05, 4.69) is 0 Å². The van der Waals surface area contributed by atoms with Crippen molar-refractivity contribution in [1.29, 1.82) is 0 Å². The number of aromatic nitrogens is 1. The third-order valence-electron chi connectivity index (χ3n) is 3.00. The average molecular weight is 286 g/mol. The summed E-state index contributed by atoms with van der Waals surface area (Å²) in [5.74, 6) is 0.850. The predicted molar refractivity (Wildman–Crippen MR) is 78.0 cm³/mol. The number of fused-ring (bicyclic) bond motifs is 1. The van der Waals surface area contributed by atoms with Crippen molar-refractivity contribution in [3.8, 4) is 11.8 Å². The van der Waals surface area contributed by atoms with Crippen LogP contribution in [0.15, 0.2) is 18.2 Å². The van der Waals surface area contributed by atoms with Crippen LogP contribution in [0.3, 0.4) is 0 Å². The first-order valence-electron chi connectivity index (χ1n) is 5.60. The summed E-state index contributed by atoms with van der Waals surface area (Å²) in [6, 6.07) is 5.21. The number of aromatic hydroxyl groups is 2. The Morgan fingerprint density at radius 2 is 1.94 bits per heavy atom. The van der Waals surface area contributed by atoms with Gasteiger partial charge in [-0.1, -0.05) is 17.7 Å². The Labute approximate surface area is 115 Å². The van der Waals surface area contributed by atoms with E-state index in [9.17, 15) is 10.2 Å². The van der Waals surface area contributed by atoms with Crippen molar-refractivity contribution in [2.75, 3.05) is 12.0 Å². The Hall–Kier alpha value is -1.00. The van der Waals surface area contributed by atoms with Crippen molar-refractivity contribution < 1.29 is 10.2 Å². The lowest BCUT2D eigenvalue weighted by atomic mass is 10.1. The van der Waals surface area contributed by atoms with Crippen LogP contribution < -0.4 is 0 Å². The minimum Gasteiger partial charge on any atom is -0.494 e. The molecule has 2 aromatic rings. The molecule has 18 heavy (non-hydrogen) atoms. The second-order valence-electron chi connectivity index (χ2n) is 4.89. The van der Waals surface area contributed by atoms with Crippen LogP contribution in [0.2, 0.25) is 5.02 Å². The van der Waals surface area contributed by atoms with Crippen molar-refractivity contribution in [2.45, 2.75) is 19.4 Å². The minimum absolute atomic E-state index is 0.0205. The molecule has 0 aliphatic carbocycles. The number of hydrogen-bond acceptors (Lipinski definition) is 3. The van der Waals surface area contributed by atoms with E-state index in [1.54, 1.807) is 34.5 Å². The van der Waals surface area contributed by atoms with Gasteiger partial charge in [-0.15, -0.1) is 0 Å². The highest BCUT2D eigenvalue weighted by molar-refractivity contribution is 7.98. The van der Waals surface area contributed by atoms with Gasteiger partial charge in [0.2, 0.25) is 11.8 Å². The monoisotopic (exact) mass is 285 g/mol. The van der Waals surface area contributed by atoms with Gasteiger partial charge in [0, 0.05) is 11.1 Å². The number of thioether (sulfide) groups is 1. The average Bonchev–Trinajstić information content (AvgIpc) is 2.53. The molecule has 1 aromatic heterocycles. The van der Waals surface area contributed by atoms with Gasteiger partial charge in [0.25, 0.3) is 0 Å². The van der Waals surface area contributed by atoms with E-state index in [1.165, 1.54) is 0 Å². The number of nitrogens with zero attached hydrogens (tertiary/aromatic N) is 1. The van der Waals surface area contributed by atoms with Crippen molar-refractivity contribution >= 4 is 34.1 Å². The molecule has 0 aliphatic heterocycles. The van der Waals surface area contributed by atoms with Crippen molar-refractivity contribution in [1.82, 2.24) is 4.57 Å². The first kappa shape index (κ1) is 13.4. The first-order valence-corrected chi connectivity index (χ1v) is 7.37. The van der Waals surface area contributed by atoms with Gasteiger partial charge in [-0.25, -0.2) is 0 Å². The van der Waals surface area contributed by atoms with Crippen LogP contribution in [0.4, 0.5) is 0 Å². The third kappa shape index (κ3) is 1.93. The minimum atomic E-state index is -0.393. The summed E-state index contributed by atoms with van der Waals surface area (Å²) in [7, 11) is 0. The lowest BCUT2D eigenvalue weighted by molar-refractivity contribution is 0.291. The number of benzene rings is 1. The molecule has 1 heterocycles. The fourth-order valence-corrected chi connectivity index (χ4v) is 3.36. The predicted octanol–water partition coefficient (Wildman–Crippen LogP) is 3.80. The maximum Gasteiger partial charge on any atom is 0.204 e. The molecule has 0 fully saturated rings. The lowest BCUT2D eigenvalue weighted by Gasteiger charge is -2.27. The van der Waals surface area contributed by atoms with Crippen LogP contribution in [0.1, 0.15) is 13.8 Å². The maximum absolute atomic E-state index is 10.3. The van der Waals surface area contributed by atoms with Gasteiger partial charge in [0.1, 0.15) is 0 Å². The highest BCUT2D eigenvalue weighted by atomic mass is 35.5. The highest BCUT2D eigenvalue weighted by Crippen LogP contribution is 2.44. The normalized spacial score (nSPS) is 12.2. The number of rotatable bonds is 3.